The van der Waals surface area contributed by atoms with Crippen molar-refractivity contribution in [3.05, 3.63) is 0 Å². The Morgan fingerprint density at radius 2 is 0.841 bits per heavy atom. The van der Waals surface area contributed by atoms with Gasteiger partial charge in [-0.25, -0.2) is 0 Å². The normalized spacial score (nSPS) is 22.1. The minimum Gasteiger partial charge on any atom is -0.394 e. The van der Waals surface area contributed by atoms with Crippen LogP contribution in [-0.2, 0) is 14.3 Å². The number of amides is 1. The summed E-state index contributed by atoms with van der Waals surface area (Å²) in [7, 11) is 0. The summed E-state index contributed by atoms with van der Waals surface area (Å²) in [4.78, 5) is 13.2. The van der Waals surface area contributed by atoms with E-state index >= 15 is 0 Å². The van der Waals surface area contributed by atoms with E-state index in [1.54, 1.807) is 0 Å². The van der Waals surface area contributed by atoms with Gasteiger partial charge in [-0.3, -0.25) is 4.79 Å². The van der Waals surface area contributed by atoms with Crippen LogP contribution in [0.1, 0.15) is 232 Å². The van der Waals surface area contributed by atoms with Crippen LogP contribution in [0.15, 0.2) is 0 Å². The molecule has 1 fully saturated rings. The van der Waals surface area contributed by atoms with Crippen LogP contribution < -0.4 is 5.32 Å². The largest absolute Gasteiger partial charge is 0.394 e. The summed E-state index contributed by atoms with van der Waals surface area (Å²) < 4.78 is 11.0. The zero-order chi connectivity index (χ0) is 46.5. The van der Waals surface area contributed by atoms with Crippen molar-refractivity contribution in [1.82, 2.24) is 5.32 Å². The number of ether oxygens (including phenoxy) is 2. The highest BCUT2D eigenvalue weighted by atomic mass is 16.7. The minimum absolute atomic E-state index is 0.183. The summed E-state index contributed by atoms with van der Waals surface area (Å²) in [6, 6.07) is -1.46. The van der Waals surface area contributed by atoms with Gasteiger partial charge >= 0.3 is 0 Å². The third-order valence-corrected chi connectivity index (χ3v) is 13.1. The van der Waals surface area contributed by atoms with E-state index in [1.165, 1.54) is 148 Å². The number of hydrogen-bond acceptors (Lipinski definition) is 12. The maximum atomic E-state index is 13.2. The molecular weight excluding hydrogens is 807 g/mol. The number of rotatable bonds is 44. The molecule has 0 radical (unpaired) electrons. The third kappa shape index (κ3) is 28.7. The topological polar surface area (TPSA) is 230 Å². The first kappa shape index (κ1) is 60.0. The molecule has 13 nitrogen and oxygen atoms in total. The summed E-state index contributed by atoms with van der Waals surface area (Å²) in [5.74, 6) is -1.03. The van der Waals surface area contributed by atoms with Crippen LogP contribution in [0.3, 0.4) is 0 Å². The zero-order valence-corrected chi connectivity index (χ0v) is 40.1. The van der Waals surface area contributed by atoms with Crippen molar-refractivity contribution < 1.29 is 60.2 Å². The molecule has 0 aromatic carbocycles. The Balaban J connectivity index is 2.44. The molecule has 0 aromatic heterocycles. The fraction of sp³-hybridized carbons (Fsp3) is 0.980. The van der Waals surface area contributed by atoms with Crippen molar-refractivity contribution in [3.63, 3.8) is 0 Å². The summed E-state index contributed by atoms with van der Waals surface area (Å²) in [5, 5.41) is 97.1. The highest BCUT2D eigenvalue weighted by Crippen LogP contribution is 2.24. The second kappa shape index (κ2) is 40.1. The van der Waals surface area contributed by atoms with Gasteiger partial charge in [0.2, 0.25) is 0 Å². The summed E-state index contributed by atoms with van der Waals surface area (Å²) in [6.45, 7) is 3.15. The molecule has 0 unspecified atom stereocenters. The van der Waals surface area contributed by atoms with Gasteiger partial charge in [0.25, 0.3) is 5.91 Å². The lowest BCUT2D eigenvalue weighted by atomic mass is 9.96. The Morgan fingerprint density at radius 1 is 0.492 bits per heavy atom. The van der Waals surface area contributed by atoms with Crippen molar-refractivity contribution in [2.45, 2.75) is 299 Å². The van der Waals surface area contributed by atoms with E-state index in [0.29, 0.717) is 12.8 Å². The number of unbranched alkanes of at least 4 members (excludes halogenated alkanes) is 30. The summed E-state index contributed by atoms with van der Waals surface area (Å²) in [6.07, 6.45) is 22.9. The van der Waals surface area contributed by atoms with Gasteiger partial charge in [-0.1, -0.05) is 219 Å². The van der Waals surface area contributed by atoms with E-state index in [2.05, 4.69) is 19.2 Å². The highest BCUT2D eigenvalue weighted by Gasteiger charge is 2.45. The van der Waals surface area contributed by atoms with Crippen molar-refractivity contribution in [3.8, 4) is 0 Å². The molecule has 13 heteroatoms. The fourth-order valence-corrected chi connectivity index (χ4v) is 8.67. The first-order chi connectivity index (χ1) is 30.5. The quantitative estimate of drug-likeness (QED) is 0.0270. The monoisotopic (exact) mass is 906 g/mol. The molecule has 0 bridgehead atoms. The summed E-state index contributed by atoms with van der Waals surface area (Å²) >= 11 is 0. The van der Waals surface area contributed by atoms with E-state index in [1.807, 2.05) is 0 Å². The van der Waals surface area contributed by atoms with Crippen molar-refractivity contribution in [2.24, 2.45) is 0 Å². The second-order valence-corrected chi connectivity index (χ2v) is 18.9. The predicted octanol–water partition coefficient (Wildman–Crippen LogP) is 7.40. The molecule has 63 heavy (non-hydrogen) atoms. The lowest BCUT2D eigenvalue weighted by molar-refractivity contribution is -0.303. The first-order valence-electron chi connectivity index (χ1n) is 26.1. The van der Waals surface area contributed by atoms with Crippen LogP contribution >= 0.6 is 0 Å². The van der Waals surface area contributed by atoms with Gasteiger partial charge in [0, 0.05) is 0 Å². The van der Waals surface area contributed by atoms with Crippen LogP contribution in [-0.4, -0.2) is 132 Å². The van der Waals surface area contributed by atoms with Gasteiger partial charge in [0.05, 0.1) is 31.5 Å². The Morgan fingerprint density at radius 3 is 1.21 bits per heavy atom. The van der Waals surface area contributed by atoms with E-state index in [4.69, 9.17) is 9.47 Å². The van der Waals surface area contributed by atoms with E-state index in [9.17, 15) is 50.8 Å². The van der Waals surface area contributed by atoms with Crippen molar-refractivity contribution >= 4 is 5.91 Å². The van der Waals surface area contributed by atoms with Crippen molar-refractivity contribution in [1.29, 1.82) is 0 Å². The molecule has 0 aromatic rings. The smallest absolute Gasteiger partial charge is 0.251 e. The number of carbonyl (C=O) groups is 1. The molecule has 1 rings (SSSR count). The van der Waals surface area contributed by atoms with Crippen molar-refractivity contribution in [2.75, 3.05) is 13.2 Å². The molecule has 10 N–H and O–H groups in total. The molecular formula is C50H99NO12. The van der Waals surface area contributed by atoms with Crippen LogP contribution in [0.2, 0.25) is 0 Å². The molecule has 0 spiro atoms. The molecule has 1 aliphatic heterocycles. The lowest BCUT2D eigenvalue weighted by Crippen LogP contribution is -2.61. The first-order valence-corrected chi connectivity index (χ1v) is 26.1. The van der Waals surface area contributed by atoms with Gasteiger partial charge in [0.1, 0.15) is 36.6 Å². The van der Waals surface area contributed by atoms with Gasteiger partial charge in [-0.15, -0.1) is 0 Å². The average molecular weight is 906 g/mol. The van der Waals surface area contributed by atoms with Crippen LogP contribution in [0, 0.1) is 0 Å². The molecule has 1 heterocycles. The molecule has 1 aliphatic rings. The zero-order valence-electron chi connectivity index (χ0n) is 40.1. The molecule has 0 aliphatic carbocycles. The molecule has 11 atom stereocenters. The van der Waals surface area contributed by atoms with E-state index in [-0.39, 0.29) is 12.8 Å². The number of aliphatic hydroxyl groups excluding tert-OH is 9. The number of aliphatic hydroxyl groups is 9. The number of nitrogens with one attached hydrogen (secondary N) is 1. The van der Waals surface area contributed by atoms with Gasteiger partial charge < -0.3 is 60.7 Å². The minimum atomic E-state index is -1.85. The standard InChI is InChI=1S/C50H99NO12/c1-3-5-7-9-11-13-15-16-17-18-19-20-21-22-23-24-26-28-30-32-34-36-41(54)45(57)49(61)51-39(38-62-50-48(60)47(59)46(58)42(37-52)63-50)43(55)44(56)40(53)35-33-31-29-27-25-14-12-10-8-6-4-2/h39-48,50,52-60H,3-38H2,1-2H3,(H,51,61)/t39-,40-,41+,42+,43-,44+,45+,46-,47-,48+,50-/m0/s1. The highest BCUT2D eigenvalue weighted by molar-refractivity contribution is 5.81. The SMILES string of the molecule is CCCCCCCCCCCCCCCCCCCCCCC[C@@H](O)[C@@H](O)C(=O)N[C@@H](CO[C@H]1O[C@H](CO)[C@H](O)[C@H](O)[C@H]1O)[C@H](O)[C@H](O)[C@@H](O)CCCCCCCCCCCCC. The van der Waals surface area contributed by atoms with Crippen LogP contribution in [0.4, 0.5) is 0 Å². The fourth-order valence-electron chi connectivity index (χ4n) is 8.67. The third-order valence-electron chi connectivity index (χ3n) is 13.1. The summed E-state index contributed by atoms with van der Waals surface area (Å²) in [5.41, 5.74) is 0. The van der Waals surface area contributed by atoms with Gasteiger partial charge in [-0.05, 0) is 12.8 Å². The molecule has 0 saturated carbocycles. The average Bonchev–Trinajstić information content (AvgIpc) is 3.28. The molecule has 1 saturated heterocycles. The maximum Gasteiger partial charge on any atom is 0.251 e. The van der Waals surface area contributed by atoms with E-state index in [0.717, 1.165) is 44.9 Å². The molecule has 1 amide bonds. The van der Waals surface area contributed by atoms with Crippen LogP contribution in [0.25, 0.3) is 0 Å². The van der Waals surface area contributed by atoms with Crippen LogP contribution in [0.5, 0.6) is 0 Å². The Bertz CT molecular complexity index is 1030. The Kier molecular flexibility index (Phi) is 38.2. The predicted molar refractivity (Wildman–Crippen MR) is 250 cm³/mol. The maximum absolute atomic E-state index is 13.2. The number of hydrogen-bond donors (Lipinski definition) is 10. The Labute approximate surface area is 383 Å². The second-order valence-electron chi connectivity index (χ2n) is 18.9. The van der Waals surface area contributed by atoms with E-state index < -0.39 is 86.4 Å². The van der Waals surface area contributed by atoms with Gasteiger partial charge in [0.15, 0.2) is 12.4 Å². The molecule has 376 valence electrons. The lowest BCUT2D eigenvalue weighted by Gasteiger charge is -2.40. The van der Waals surface area contributed by atoms with Gasteiger partial charge in [-0.2, -0.15) is 0 Å². The Hall–Kier alpha value is -0.970. The number of carbonyl (C=O) groups excluding carboxylic acids is 1.